The Morgan fingerprint density at radius 2 is 2.11 bits per heavy atom. The smallest absolute Gasteiger partial charge is 0.244 e. The Labute approximate surface area is 105 Å². The third-order valence-electron chi connectivity index (χ3n) is 3.62. The van der Waals surface area contributed by atoms with Crippen LogP contribution in [0.3, 0.4) is 0 Å². The molecule has 1 saturated heterocycles. The molecule has 1 heterocycles. The van der Waals surface area contributed by atoms with Gasteiger partial charge in [0.1, 0.15) is 5.82 Å². The summed E-state index contributed by atoms with van der Waals surface area (Å²) in [4.78, 5) is 12.1. The number of aryl methyl sites for hydroxylation is 1. The molecule has 3 N–H and O–H groups in total. The highest BCUT2D eigenvalue weighted by atomic mass is 19.1. The molecule has 0 bridgehead atoms. The van der Waals surface area contributed by atoms with Crippen LogP contribution in [0.1, 0.15) is 24.0 Å². The van der Waals surface area contributed by atoms with E-state index < -0.39 is 5.41 Å². The molecule has 0 atom stereocenters. The molecule has 0 spiro atoms. The second-order valence-electron chi connectivity index (χ2n) is 4.63. The number of carbonyl (C=O) groups excluding carboxylic acids is 1. The van der Waals surface area contributed by atoms with E-state index in [-0.39, 0.29) is 11.7 Å². The Kier molecular flexibility index (Phi) is 3.63. The maximum absolute atomic E-state index is 13.3. The maximum atomic E-state index is 13.3. The highest BCUT2D eigenvalue weighted by Crippen LogP contribution is 2.35. The molecule has 2 rings (SSSR count). The van der Waals surface area contributed by atoms with Gasteiger partial charge in [0.2, 0.25) is 5.91 Å². The fourth-order valence-electron chi connectivity index (χ4n) is 2.45. The summed E-state index contributed by atoms with van der Waals surface area (Å²) in [6.45, 7) is 2.69. The SMILES string of the molecule is Cc1cc(C2(C(=O)NN)CCOCC2)ccc1F. The predicted molar refractivity (Wildman–Crippen MR) is 65.2 cm³/mol. The zero-order chi connectivity index (χ0) is 13.2. The van der Waals surface area contributed by atoms with Gasteiger partial charge < -0.3 is 4.74 Å². The Balaban J connectivity index is 2.45. The molecule has 1 amide bonds. The number of carbonyl (C=O) groups is 1. The van der Waals surface area contributed by atoms with Gasteiger partial charge in [-0.1, -0.05) is 12.1 Å². The average molecular weight is 252 g/mol. The largest absolute Gasteiger partial charge is 0.381 e. The van der Waals surface area contributed by atoms with Crippen LogP contribution in [-0.4, -0.2) is 19.1 Å². The van der Waals surface area contributed by atoms with E-state index in [9.17, 15) is 9.18 Å². The quantitative estimate of drug-likeness (QED) is 0.472. The lowest BCUT2D eigenvalue weighted by molar-refractivity contribution is -0.130. The van der Waals surface area contributed by atoms with E-state index in [2.05, 4.69) is 5.43 Å². The first-order valence-electron chi connectivity index (χ1n) is 5.95. The van der Waals surface area contributed by atoms with Crippen molar-refractivity contribution in [3.63, 3.8) is 0 Å². The molecule has 4 nitrogen and oxygen atoms in total. The van der Waals surface area contributed by atoms with Crippen molar-refractivity contribution in [2.45, 2.75) is 25.2 Å². The van der Waals surface area contributed by atoms with E-state index in [1.54, 1.807) is 19.1 Å². The number of amides is 1. The third-order valence-corrected chi connectivity index (χ3v) is 3.62. The second-order valence-corrected chi connectivity index (χ2v) is 4.63. The summed E-state index contributed by atoms with van der Waals surface area (Å²) in [6.07, 6.45) is 1.11. The van der Waals surface area contributed by atoms with Crippen molar-refractivity contribution in [1.29, 1.82) is 0 Å². The molecule has 0 saturated carbocycles. The summed E-state index contributed by atoms with van der Waals surface area (Å²) in [5.74, 6) is 4.77. The van der Waals surface area contributed by atoms with Crippen molar-refractivity contribution in [2.75, 3.05) is 13.2 Å². The standard InChI is InChI=1S/C13H17FN2O2/c1-9-8-10(2-3-11(9)14)13(12(17)16-15)4-6-18-7-5-13/h2-3,8H,4-7,15H2,1H3,(H,16,17). The second kappa shape index (κ2) is 5.04. The van der Waals surface area contributed by atoms with Gasteiger partial charge in [-0.2, -0.15) is 0 Å². The van der Waals surface area contributed by atoms with Crippen LogP contribution >= 0.6 is 0 Å². The molecule has 5 heteroatoms. The number of ether oxygens (including phenoxy) is 1. The summed E-state index contributed by atoms with van der Waals surface area (Å²) >= 11 is 0. The first-order valence-corrected chi connectivity index (χ1v) is 5.95. The lowest BCUT2D eigenvalue weighted by Crippen LogP contribution is -2.50. The molecule has 1 aliphatic heterocycles. The van der Waals surface area contributed by atoms with Gasteiger partial charge in [-0.15, -0.1) is 0 Å². The summed E-state index contributed by atoms with van der Waals surface area (Å²) in [7, 11) is 0. The van der Waals surface area contributed by atoms with E-state index >= 15 is 0 Å². The van der Waals surface area contributed by atoms with Gasteiger partial charge in [-0.25, -0.2) is 10.2 Å². The number of nitrogens with two attached hydrogens (primary N) is 1. The zero-order valence-electron chi connectivity index (χ0n) is 10.3. The van der Waals surface area contributed by atoms with Gasteiger partial charge in [0.15, 0.2) is 0 Å². The summed E-state index contributed by atoms with van der Waals surface area (Å²) in [5, 5.41) is 0. The molecule has 98 valence electrons. The zero-order valence-corrected chi connectivity index (χ0v) is 10.3. The van der Waals surface area contributed by atoms with Gasteiger partial charge in [-0.05, 0) is 37.0 Å². The van der Waals surface area contributed by atoms with Crippen molar-refractivity contribution in [2.24, 2.45) is 5.84 Å². The van der Waals surface area contributed by atoms with E-state index in [4.69, 9.17) is 10.6 Å². The number of hydrogen-bond donors (Lipinski definition) is 2. The number of rotatable bonds is 2. The number of nitrogens with one attached hydrogen (secondary N) is 1. The van der Waals surface area contributed by atoms with E-state index in [0.717, 1.165) is 5.56 Å². The fraction of sp³-hybridized carbons (Fsp3) is 0.462. The molecular formula is C13H17FN2O2. The number of benzene rings is 1. The van der Waals surface area contributed by atoms with Crippen molar-refractivity contribution >= 4 is 5.91 Å². The summed E-state index contributed by atoms with van der Waals surface area (Å²) in [6, 6.07) is 4.77. The van der Waals surface area contributed by atoms with E-state index in [1.807, 2.05) is 0 Å². The third kappa shape index (κ3) is 2.11. The molecule has 0 aliphatic carbocycles. The average Bonchev–Trinajstić information content (AvgIpc) is 2.41. The van der Waals surface area contributed by atoms with Crippen LogP contribution in [0.25, 0.3) is 0 Å². The van der Waals surface area contributed by atoms with Gasteiger partial charge in [0.25, 0.3) is 0 Å². The molecule has 1 fully saturated rings. The highest BCUT2D eigenvalue weighted by Gasteiger charge is 2.41. The molecule has 1 aromatic rings. The van der Waals surface area contributed by atoms with E-state index in [1.165, 1.54) is 6.07 Å². The van der Waals surface area contributed by atoms with Crippen LogP contribution in [0, 0.1) is 12.7 Å². The van der Waals surface area contributed by atoms with Crippen LogP contribution < -0.4 is 11.3 Å². The minimum Gasteiger partial charge on any atom is -0.381 e. The molecule has 1 aliphatic rings. The van der Waals surface area contributed by atoms with Crippen LogP contribution in [0.15, 0.2) is 18.2 Å². The van der Waals surface area contributed by atoms with Crippen molar-refractivity contribution in [3.05, 3.63) is 35.1 Å². The Morgan fingerprint density at radius 1 is 1.44 bits per heavy atom. The first-order chi connectivity index (χ1) is 8.60. The van der Waals surface area contributed by atoms with Gasteiger partial charge in [-0.3, -0.25) is 10.2 Å². The fourth-order valence-corrected chi connectivity index (χ4v) is 2.45. The highest BCUT2D eigenvalue weighted by molar-refractivity contribution is 5.88. The number of hydrazine groups is 1. The molecule has 1 aromatic carbocycles. The Hall–Kier alpha value is -1.46. The van der Waals surface area contributed by atoms with Crippen LogP contribution in [0.5, 0.6) is 0 Å². The first kappa shape index (κ1) is 13.0. The number of hydrogen-bond acceptors (Lipinski definition) is 3. The van der Waals surface area contributed by atoms with Gasteiger partial charge in [0.05, 0.1) is 5.41 Å². The summed E-state index contributed by atoms with van der Waals surface area (Å²) < 4.78 is 18.6. The van der Waals surface area contributed by atoms with Gasteiger partial charge in [0, 0.05) is 13.2 Å². The lowest BCUT2D eigenvalue weighted by atomic mass is 9.73. The number of halogens is 1. The summed E-state index contributed by atoms with van der Waals surface area (Å²) in [5.41, 5.74) is 2.85. The van der Waals surface area contributed by atoms with Crippen molar-refractivity contribution in [3.8, 4) is 0 Å². The molecule has 0 aromatic heterocycles. The topological polar surface area (TPSA) is 64.4 Å². The molecule has 18 heavy (non-hydrogen) atoms. The van der Waals surface area contributed by atoms with Crippen molar-refractivity contribution in [1.82, 2.24) is 5.43 Å². The maximum Gasteiger partial charge on any atom is 0.244 e. The van der Waals surface area contributed by atoms with Gasteiger partial charge >= 0.3 is 0 Å². The predicted octanol–water partition coefficient (Wildman–Crippen LogP) is 1.17. The minimum absolute atomic E-state index is 0.239. The van der Waals surface area contributed by atoms with E-state index in [0.29, 0.717) is 31.6 Å². The lowest BCUT2D eigenvalue weighted by Gasteiger charge is -2.35. The van der Waals surface area contributed by atoms with Crippen LogP contribution in [-0.2, 0) is 14.9 Å². The minimum atomic E-state index is -0.703. The normalized spacial score (nSPS) is 18.4. The molecule has 0 unspecified atom stereocenters. The Morgan fingerprint density at radius 3 is 2.67 bits per heavy atom. The monoisotopic (exact) mass is 252 g/mol. The van der Waals surface area contributed by atoms with Crippen LogP contribution in [0.4, 0.5) is 4.39 Å². The van der Waals surface area contributed by atoms with Crippen LogP contribution in [0.2, 0.25) is 0 Å². The van der Waals surface area contributed by atoms with Crippen molar-refractivity contribution < 1.29 is 13.9 Å². The molecular weight excluding hydrogens is 235 g/mol. The Bertz CT molecular complexity index is 456. The molecule has 0 radical (unpaired) electrons.